The van der Waals surface area contributed by atoms with Crippen LogP contribution in [-0.4, -0.2) is 105 Å². The van der Waals surface area contributed by atoms with Crippen LogP contribution >= 0.6 is 0 Å². The second-order valence-electron chi connectivity index (χ2n) is 15.6. The Morgan fingerprint density at radius 3 is 2.21 bits per heavy atom. The summed E-state index contributed by atoms with van der Waals surface area (Å²) in [4.78, 5) is 40.1. The van der Waals surface area contributed by atoms with Crippen molar-refractivity contribution < 1.29 is 68.3 Å². The molecular weight excluding hydrogens is 744 g/mol. The molecule has 16 heteroatoms. The Morgan fingerprint density at radius 2 is 1.60 bits per heavy atom. The lowest BCUT2D eigenvalue weighted by atomic mass is 9.77. The molecule has 4 aliphatic heterocycles. The predicted octanol–water partition coefficient (Wildman–Crippen LogP) is 3.28. The first kappa shape index (κ1) is 40.4. The molecule has 4 aliphatic rings. The van der Waals surface area contributed by atoms with Gasteiger partial charge in [0.05, 0.1) is 36.1 Å². The summed E-state index contributed by atoms with van der Waals surface area (Å²) < 4.78 is 36.7. The van der Waals surface area contributed by atoms with Crippen LogP contribution in [0.25, 0.3) is 0 Å². The summed E-state index contributed by atoms with van der Waals surface area (Å²) in [5.41, 5.74) is -0.656. The molecule has 0 bridgehead atoms. The van der Waals surface area contributed by atoms with Crippen molar-refractivity contribution in [2.75, 3.05) is 11.9 Å². The molecule has 57 heavy (non-hydrogen) atoms. The molecule has 3 aromatic carbocycles. The number of hydrogen-bond acceptors (Lipinski definition) is 14. The number of ether oxygens (including phenoxy) is 6. The molecule has 1 spiro atoms. The quantitative estimate of drug-likeness (QED) is 0.146. The van der Waals surface area contributed by atoms with Crippen molar-refractivity contribution in [3.05, 3.63) is 76.9 Å². The highest BCUT2D eigenvalue weighted by molar-refractivity contribution is 6.00. The number of phenolic OH excluding ortho intramolecular Hbond substituents is 2. The van der Waals surface area contributed by atoms with Crippen LogP contribution in [-0.2, 0) is 38.9 Å². The smallest absolute Gasteiger partial charge is 0.340 e. The number of anilines is 1. The van der Waals surface area contributed by atoms with E-state index in [0.717, 1.165) is 6.42 Å². The first-order valence-corrected chi connectivity index (χ1v) is 19.0. The van der Waals surface area contributed by atoms with E-state index < -0.39 is 90.7 Å². The fourth-order valence-electron chi connectivity index (χ4n) is 8.36. The maximum absolute atomic E-state index is 14.3. The minimum absolute atomic E-state index is 0.0834. The molecule has 0 aliphatic carbocycles. The lowest BCUT2D eigenvalue weighted by Crippen LogP contribution is -2.64. The van der Waals surface area contributed by atoms with E-state index >= 15 is 0 Å². The fourth-order valence-corrected chi connectivity index (χ4v) is 8.36. The highest BCUT2D eigenvalue weighted by atomic mass is 16.7. The van der Waals surface area contributed by atoms with Crippen LogP contribution in [0.4, 0.5) is 5.69 Å². The summed E-state index contributed by atoms with van der Waals surface area (Å²) in [6, 6.07) is 12.5. The third-order valence-electron chi connectivity index (χ3n) is 11.0. The van der Waals surface area contributed by atoms with Crippen molar-refractivity contribution in [3.63, 3.8) is 0 Å². The Labute approximate surface area is 328 Å². The van der Waals surface area contributed by atoms with E-state index in [1.165, 1.54) is 37.3 Å². The lowest BCUT2D eigenvalue weighted by molar-refractivity contribution is -0.309. The monoisotopic (exact) mass is 792 g/mol. The van der Waals surface area contributed by atoms with Crippen molar-refractivity contribution >= 4 is 23.5 Å². The Kier molecular flexibility index (Phi) is 11.0. The van der Waals surface area contributed by atoms with Crippen LogP contribution in [0.15, 0.2) is 54.6 Å². The molecule has 7 rings (SSSR count). The third-order valence-corrected chi connectivity index (χ3v) is 11.0. The number of nitrogens with one attached hydrogen (secondary N) is 2. The Hall–Kier alpha value is -4.81. The molecular formula is C41H48N2O14. The number of phenols is 2. The second kappa shape index (κ2) is 15.5. The minimum Gasteiger partial charge on any atom is -0.508 e. The summed E-state index contributed by atoms with van der Waals surface area (Å²) in [6.07, 6.45) is -7.23. The van der Waals surface area contributed by atoms with Crippen LogP contribution < -0.4 is 15.4 Å². The van der Waals surface area contributed by atoms with Gasteiger partial charge in [-0.05, 0) is 56.7 Å². The Balaban J connectivity index is 1.20. The van der Waals surface area contributed by atoms with Crippen LogP contribution in [0, 0.1) is 5.92 Å². The van der Waals surface area contributed by atoms with Crippen molar-refractivity contribution in [2.24, 2.45) is 5.92 Å². The van der Waals surface area contributed by atoms with Gasteiger partial charge in [-0.3, -0.25) is 9.59 Å². The van der Waals surface area contributed by atoms with E-state index in [1.54, 1.807) is 31.2 Å². The average Bonchev–Trinajstić information content (AvgIpc) is 3.42. The van der Waals surface area contributed by atoms with Crippen molar-refractivity contribution in [3.8, 4) is 23.0 Å². The van der Waals surface area contributed by atoms with Gasteiger partial charge in [-0.15, -0.1) is 0 Å². The normalized spacial score (nSPS) is 28.7. The summed E-state index contributed by atoms with van der Waals surface area (Å²) >= 11 is 0. The van der Waals surface area contributed by atoms with Gasteiger partial charge in [0, 0.05) is 53.8 Å². The first-order chi connectivity index (χ1) is 27.0. The van der Waals surface area contributed by atoms with Crippen LogP contribution in [0.2, 0.25) is 0 Å². The number of fused-ring (bicyclic) bond motifs is 6. The maximum atomic E-state index is 14.3. The number of carbonyl (C=O) groups is 3. The summed E-state index contributed by atoms with van der Waals surface area (Å²) in [5, 5.41) is 58.2. The second-order valence-corrected chi connectivity index (χ2v) is 15.6. The molecule has 0 saturated carbocycles. The maximum Gasteiger partial charge on any atom is 0.340 e. The summed E-state index contributed by atoms with van der Waals surface area (Å²) in [7, 11) is 0. The van der Waals surface area contributed by atoms with Gasteiger partial charge in [0.2, 0.25) is 5.91 Å². The predicted molar refractivity (Wildman–Crippen MR) is 199 cm³/mol. The van der Waals surface area contributed by atoms with Gasteiger partial charge in [0.25, 0.3) is 5.91 Å². The van der Waals surface area contributed by atoms with E-state index in [0.29, 0.717) is 23.1 Å². The molecule has 4 heterocycles. The lowest BCUT2D eigenvalue weighted by Gasteiger charge is -2.47. The van der Waals surface area contributed by atoms with E-state index in [2.05, 4.69) is 10.6 Å². The van der Waals surface area contributed by atoms with Crippen molar-refractivity contribution in [1.82, 2.24) is 5.32 Å². The molecule has 9 atom stereocenters. The third kappa shape index (κ3) is 7.54. The number of hydrogen-bond donors (Lipinski definition) is 7. The van der Waals surface area contributed by atoms with Gasteiger partial charge in [0.1, 0.15) is 35.1 Å². The van der Waals surface area contributed by atoms with Gasteiger partial charge in [-0.1, -0.05) is 26.3 Å². The number of esters is 1. The minimum atomic E-state index is -1.53. The standard InChI is InChI=1S/C41H48N2O14/c1-6-13-40(4,5)56-35-28(48)17-32(54-34-19(2)31(18-44)53-39(51)33(34)42-20(3)45)55-36(35)37(49)43-21-7-10-25-24(14-21)38(50)57-41(25)26-11-8-22(46)15-29(26)52-30-16-23(47)9-12-27(30)41/h7-12,14-16,19,28,31-36,39,44,46-48,51H,6,13,17-18H2,1-5H3,(H,42,45)(H,43,49). The largest absolute Gasteiger partial charge is 0.508 e. The van der Waals surface area contributed by atoms with Gasteiger partial charge in [0.15, 0.2) is 24.3 Å². The molecule has 306 valence electrons. The zero-order valence-electron chi connectivity index (χ0n) is 32.1. The van der Waals surface area contributed by atoms with Crippen molar-refractivity contribution in [2.45, 2.75) is 114 Å². The average molecular weight is 793 g/mol. The van der Waals surface area contributed by atoms with Crippen LogP contribution in [0.3, 0.4) is 0 Å². The molecule has 9 unspecified atom stereocenters. The number of amides is 2. The zero-order chi connectivity index (χ0) is 41.0. The fraction of sp³-hybridized carbons (Fsp3) is 0.488. The van der Waals surface area contributed by atoms with Crippen LogP contribution in [0.5, 0.6) is 23.0 Å². The highest BCUT2D eigenvalue weighted by Gasteiger charge is 2.54. The first-order valence-electron chi connectivity index (χ1n) is 19.0. The molecule has 2 fully saturated rings. The SMILES string of the molecule is CCCC(C)(C)OC1C(O)CC(OC2C(C)C(CO)OC(O)C2NC(C)=O)OC1C(=O)Nc1ccc2c(c1)C(=O)OC21c2ccc(O)cc2Oc2cc(O)ccc21. The molecule has 0 radical (unpaired) electrons. The van der Waals surface area contributed by atoms with E-state index in [-0.39, 0.29) is 40.7 Å². The molecule has 3 aromatic rings. The Bertz CT molecular complexity index is 1990. The highest BCUT2D eigenvalue weighted by Crippen LogP contribution is 2.57. The van der Waals surface area contributed by atoms with Gasteiger partial charge < -0.3 is 64.6 Å². The molecule has 7 N–H and O–H groups in total. The molecule has 2 amide bonds. The zero-order valence-corrected chi connectivity index (χ0v) is 32.1. The topological polar surface area (TPSA) is 232 Å². The number of carbonyl (C=O) groups excluding carboxylic acids is 3. The number of aliphatic hydroxyl groups excluding tert-OH is 3. The number of aromatic hydroxyl groups is 2. The van der Waals surface area contributed by atoms with Gasteiger partial charge in [-0.2, -0.15) is 0 Å². The van der Waals surface area contributed by atoms with E-state index in [9.17, 15) is 39.9 Å². The molecule has 0 aromatic heterocycles. The van der Waals surface area contributed by atoms with E-state index in [1.807, 2.05) is 20.8 Å². The Morgan fingerprint density at radius 1 is 0.947 bits per heavy atom. The molecule has 2 saturated heterocycles. The summed E-state index contributed by atoms with van der Waals surface area (Å²) in [6.45, 7) is 8.21. The van der Waals surface area contributed by atoms with Crippen molar-refractivity contribution in [1.29, 1.82) is 0 Å². The van der Waals surface area contributed by atoms with Gasteiger partial charge >= 0.3 is 5.97 Å². The molecule has 16 nitrogen and oxygen atoms in total. The summed E-state index contributed by atoms with van der Waals surface area (Å²) in [5.74, 6) is -2.20. The number of aliphatic hydroxyl groups is 3. The van der Waals surface area contributed by atoms with Gasteiger partial charge in [-0.25, -0.2) is 4.79 Å². The van der Waals surface area contributed by atoms with Crippen LogP contribution in [0.1, 0.15) is 80.9 Å². The van der Waals surface area contributed by atoms with E-state index in [4.69, 9.17) is 28.4 Å². The number of benzene rings is 3. The number of rotatable bonds is 10.